The molecule has 0 bridgehead atoms. The Labute approximate surface area is 163 Å². The number of hydrogen-bond donors (Lipinski definition) is 0. The predicted octanol–water partition coefficient (Wildman–Crippen LogP) is 5.34. The second-order valence-corrected chi connectivity index (χ2v) is 8.90. The molecule has 2 aromatic carbocycles. The van der Waals surface area contributed by atoms with Gasteiger partial charge in [-0.1, -0.05) is 60.4 Å². The molecule has 1 aliphatic heterocycles. The van der Waals surface area contributed by atoms with Gasteiger partial charge < -0.3 is 4.90 Å². The summed E-state index contributed by atoms with van der Waals surface area (Å²) in [4.78, 5) is 2.33. The molecule has 2 aromatic rings. The highest BCUT2D eigenvalue weighted by atomic mass is 15.6. The summed E-state index contributed by atoms with van der Waals surface area (Å²) < 4.78 is 0. The molecule has 3 heteroatoms. The molecular formula is C24H29N3. The number of amidine groups is 1. The second-order valence-electron chi connectivity index (χ2n) is 8.90. The summed E-state index contributed by atoms with van der Waals surface area (Å²) in [6.07, 6.45) is -0.151. The van der Waals surface area contributed by atoms with E-state index < -0.39 is 0 Å². The van der Waals surface area contributed by atoms with Gasteiger partial charge in [-0.2, -0.15) is 5.10 Å². The van der Waals surface area contributed by atoms with Gasteiger partial charge in [-0.15, -0.1) is 0 Å². The number of rotatable bonds is 2. The molecule has 0 spiro atoms. The first kappa shape index (κ1) is 19.0. The van der Waals surface area contributed by atoms with E-state index in [9.17, 15) is 0 Å². The maximum absolute atomic E-state index is 5.03. The first-order valence-electron chi connectivity index (χ1n) is 9.47. The molecule has 140 valence electrons. The standard InChI is InChI=1S/C24H29N3/c1-23(2,3)18-17-21-26(24(4,5)6)22(19-13-9-7-10-14-19)25-27(21)20-15-11-8-12-16-20/h7-16,21H,1-6H3/t21-/m1/s1. The molecule has 0 aliphatic carbocycles. The average Bonchev–Trinajstić information content (AvgIpc) is 3.01. The highest BCUT2D eigenvalue weighted by Crippen LogP contribution is 2.32. The number of hydrazone groups is 1. The Balaban J connectivity index is 2.16. The molecule has 0 N–H and O–H groups in total. The Morgan fingerprint density at radius 2 is 1.37 bits per heavy atom. The molecule has 0 radical (unpaired) electrons. The SMILES string of the molecule is CC(C)(C)C#C[C@H]1N(c2ccccc2)N=C(c2ccccc2)N1C(C)(C)C. The minimum absolute atomic E-state index is 0.0680. The minimum Gasteiger partial charge on any atom is -0.317 e. The summed E-state index contributed by atoms with van der Waals surface area (Å²) in [6.45, 7) is 13.1. The van der Waals surface area contributed by atoms with Crippen LogP contribution in [0.5, 0.6) is 0 Å². The zero-order valence-electron chi connectivity index (χ0n) is 17.2. The molecule has 1 atom stereocenters. The molecule has 3 rings (SSSR count). The summed E-state index contributed by atoms with van der Waals surface area (Å²) in [5, 5.41) is 7.08. The lowest BCUT2D eigenvalue weighted by molar-refractivity contribution is 0.220. The second kappa shape index (κ2) is 7.12. The summed E-state index contributed by atoms with van der Waals surface area (Å²) >= 11 is 0. The van der Waals surface area contributed by atoms with E-state index in [-0.39, 0.29) is 17.1 Å². The van der Waals surface area contributed by atoms with Gasteiger partial charge in [-0.25, -0.2) is 5.01 Å². The molecule has 0 saturated heterocycles. The van der Waals surface area contributed by atoms with E-state index in [4.69, 9.17) is 5.10 Å². The van der Waals surface area contributed by atoms with Crippen molar-refractivity contribution in [2.75, 3.05) is 5.01 Å². The van der Waals surface area contributed by atoms with Crippen LogP contribution in [-0.4, -0.2) is 22.4 Å². The molecule has 0 aromatic heterocycles. The molecule has 0 fully saturated rings. The van der Waals surface area contributed by atoms with E-state index in [0.29, 0.717) is 0 Å². The molecule has 1 aliphatic rings. The monoisotopic (exact) mass is 359 g/mol. The number of hydrogen-bond acceptors (Lipinski definition) is 3. The van der Waals surface area contributed by atoms with Crippen LogP contribution in [0.1, 0.15) is 47.1 Å². The van der Waals surface area contributed by atoms with Crippen LogP contribution < -0.4 is 5.01 Å². The van der Waals surface area contributed by atoms with Crippen LogP contribution >= 0.6 is 0 Å². The highest BCUT2D eigenvalue weighted by molar-refractivity contribution is 6.02. The van der Waals surface area contributed by atoms with Crippen LogP contribution in [0.4, 0.5) is 5.69 Å². The zero-order chi connectivity index (χ0) is 19.7. The first-order valence-corrected chi connectivity index (χ1v) is 9.47. The van der Waals surface area contributed by atoms with Crippen LogP contribution in [0.25, 0.3) is 0 Å². The summed E-state index contributed by atoms with van der Waals surface area (Å²) in [7, 11) is 0. The van der Waals surface area contributed by atoms with Gasteiger partial charge in [-0.05, 0) is 53.7 Å². The quantitative estimate of drug-likeness (QED) is 0.674. The number of nitrogens with zero attached hydrogens (tertiary/aromatic N) is 3. The molecule has 0 saturated carbocycles. The van der Waals surface area contributed by atoms with Gasteiger partial charge in [0.05, 0.1) is 5.69 Å². The largest absolute Gasteiger partial charge is 0.317 e. The maximum Gasteiger partial charge on any atom is 0.188 e. The van der Waals surface area contributed by atoms with Crippen LogP contribution in [0.3, 0.4) is 0 Å². The van der Waals surface area contributed by atoms with Crippen LogP contribution in [0.2, 0.25) is 0 Å². The van der Waals surface area contributed by atoms with E-state index in [1.54, 1.807) is 0 Å². The van der Waals surface area contributed by atoms with Crippen molar-refractivity contribution in [2.24, 2.45) is 10.5 Å². The summed E-state index contributed by atoms with van der Waals surface area (Å²) in [6, 6.07) is 20.7. The fourth-order valence-electron chi connectivity index (χ4n) is 3.09. The Hall–Kier alpha value is -2.73. The van der Waals surface area contributed by atoms with E-state index >= 15 is 0 Å². The Kier molecular flexibility index (Phi) is 5.02. The number of anilines is 1. The number of benzene rings is 2. The van der Waals surface area contributed by atoms with Gasteiger partial charge in [-0.3, -0.25) is 0 Å². The Bertz CT molecular complexity index is 859. The van der Waals surface area contributed by atoms with Crippen LogP contribution in [-0.2, 0) is 0 Å². The van der Waals surface area contributed by atoms with Crippen molar-refractivity contribution in [1.29, 1.82) is 0 Å². The van der Waals surface area contributed by atoms with E-state index in [1.165, 1.54) is 0 Å². The summed E-state index contributed by atoms with van der Waals surface area (Å²) in [5.41, 5.74) is 1.95. The molecule has 27 heavy (non-hydrogen) atoms. The van der Waals surface area contributed by atoms with Gasteiger partial charge in [0.25, 0.3) is 0 Å². The van der Waals surface area contributed by atoms with Gasteiger partial charge in [0.1, 0.15) is 0 Å². The van der Waals surface area contributed by atoms with Crippen LogP contribution in [0, 0.1) is 17.3 Å². The van der Waals surface area contributed by atoms with Gasteiger partial charge in [0, 0.05) is 16.5 Å². The maximum atomic E-state index is 5.03. The molecule has 0 unspecified atom stereocenters. The van der Waals surface area contributed by atoms with Gasteiger partial charge >= 0.3 is 0 Å². The number of para-hydroxylation sites is 1. The zero-order valence-corrected chi connectivity index (χ0v) is 17.2. The fourth-order valence-corrected chi connectivity index (χ4v) is 3.09. The Morgan fingerprint density at radius 1 is 0.815 bits per heavy atom. The van der Waals surface area contributed by atoms with E-state index in [1.807, 2.05) is 29.3 Å². The fraction of sp³-hybridized carbons (Fsp3) is 0.375. The lowest BCUT2D eigenvalue weighted by Crippen LogP contribution is -2.52. The summed E-state index contributed by atoms with van der Waals surface area (Å²) in [5.74, 6) is 7.90. The first-order chi connectivity index (χ1) is 12.7. The third-order valence-electron chi connectivity index (χ3n) is 4.26. The third-order valence-corrected chi connectivity index (χ3v) is 4.26. The lowest BCUT2D eigenvalue weighted by atomic mass is 9.97. The van der Waals surface area contributed by atoms with Crippen LogP contribution in [0.15, 0.2) is 65.8 Å². The lowest BCUT2D eigenvalue weighted by Gasteiger charge is -2.38. The Morgan fingerprint density at radius 3 is 1.89 bits per heavy atom. The predicted molar refractivity (Wildman–Crippen MR) is 115 cm³/mol. The normalized spacial score (nSPS) is 17.4. The van der Waals surface area contributed by atoms with E-state index in [0.717, 1.165) is 17.1 Å². The van der Waals surface area contributed by atoms with E-state index in [2.05, 4.69) is 94.7 Å². The highest BCUT2D eigenvalue weighted by Gasteiger charge is 2.40. The van der Waals surface area contributed by atoms with Crippen molar-refractivity contribution in [3.05, 3.63) is 66.2 Å². The average molecular weight is 360 g/mol. The van der Waals surface area contributed by atoms with Crippen molar-refractivity contribution in [3.63, 3.8) is 0 Å². The van der Waals surface area contributed by atoms with Gasteiger partial charge in [0.2, 0.25) is 0 Å². The molecular weight excluding hydrogens is 330 g/mol. The van der Waals surface area contributed by atoms with Crippen molar-refractivity contribution in [1.82, 2.24) is 4.90 Å². The topological polar surface area (TPSA) is 18.8 Å². The molecule has 1 heterocycles. The molecule has 3 nitrogen and oxygen atoms in total. The van der Waals surface area contributed by atoms with Crippen molar-refractivity contribution >= 4 is 11.5 Å². The smallest absolute Gasteiger partial charge is 0.188 e. The third kappa shape index (κ3) is 4.34. The van der Waals surface area contributed by atoms with Gasteiger partial charge in [0.15, 0.2) is 12.0 Å². The van der Waals surface area contributed by atoms with Crippen molar-refractivity contribution < 1.29 is 0 Å². The van der Waals surface area contributed by atoms with Crippen molar-refractivity contribution in [2.45, 2.75) is 53.2 Å². The minimum atomic E-state index is -0.151. The molecule has 0 amide bonds. The van der Waals surface area contributed by atoms with Crippen molar-refractivity contribution in [3.8, 4) is 11.8 Å².